The molecular formula is C16H28N2O. The van der Waals surface area contributed by atoms with E-state index in [1.54, 1.807) is 0 Å². The molecule has 0 spiro atoms. The van der Waals surface area contributed by atoms with Gasteiger partial charge in [-0.1, -0.05) is 32.3 Å². The molecule has 108 valence electrons. The Hall–Kier alpha value is -1.22. The molecule has 0 aliphatic carbocycles. The monoisotopic (exact) mass is 264 g/mol. The molecule has 0 bridgehead atoms. The summed E-state index contributed by atoms with van der Waals surface area (Å²) in [7, 11) is 0. The van der Waals surface area contributed by atoms with Crippen LogP contribution in [-0.2, 0) is 6.42 Å². The summed E-state index contributed by atoms with van der Waals surface area (Å²) in [5.74, 6) is 0.791. The van der Waals surface area contributed by atoms with Gasteiger partial charge in [-0.2, -0.15) is 0 Å². The Morgan fingerprint density at radius 1 is 1.11 bits per heavy atom. The maximum atomic E-state index is 5.95. The number of nitrogens with two attached hydrogens (primary N) is 1. The van der Waals surface area contributed by atoms with E-state index in [1.165, 1.54) is 31.2 Å². The third kappa shape index (κ3) is 6.48. The SMILES string of the molecule is CCCCCCNCCc1ccc(OCC)c(N)c1. The first-order valence-electron chi connectivity index (χ1n) is 7.49. The first kappa shape index (κ1) is 15.8. The number of hydrogen-bond donors (Lipinski definition) is 2. The average molecular weight is 264 g/mol. The van der Waals surface area contributed by atoms with Crippen LogP contribution in [0, 0.1) is 0 Å². The van der Waals surface area contributed by atoms with Crippen LogP contribution in [0.4, 0.5) is 5.69 Å². The van der Waals surface area contributed by atoms with Gasteiger partial charge in [0.1, 0.15) is 5.75 Å². The minimum absolute atomic E-state index is 0.656. The molecule has 0 heterocycles. The Balaban J connectivity index is 2.20. The smallest absolute Gasteiger partial charge is 0.142 e. The lowest BCUT2D eigenvalue weighted by molar-refractivity contribution is 0.342. The Morgan fingerprint density at radius 3 is 2.63 bits per heavy atom. The zero-order valence-electron chi connectivity index (χ0n) is 12.4. The molecule has 19 heavy (non-hydrogen) atoms. The molecule has 0 amide bonds. The molecule has 0 atom stereocenters. The summed E-state index contributed by atoms with van der Waals surface area (Å²) in [4.78, 5) is 0. The van der Waals surface area contributed by atoms with Gasteiger partial charge >= 0.3 is 0 Å². The lowest BCUT2D eigenvalue weighted by atomic mass is 10.1. The van der Waals surface area contributed by atoms with E-state index in [9.17, 15) is 0 Å². The molecule has 0 saturated heterocycles. The number of nitrogens with one attached hydrogen (secondary N) is 1. The van der Waals surface area contributed by atoms with Gasteiger partial charge in [-0.05, 0) is 50.6 Å². The molecular weight excluding hydrogens is 236 g/mol. The lowest BCUT2D eigenvalue weighted by Gasteiger charge is -2.09. The molecule has 1 rings (SSSR count). The van der Waals surface area contributed by atoms with Crippen LogP contribution in [0.25, 0.3) is 0 Å². The van der Waals surface area contributed by atoms with Gasteiger partial charge in [-0.15, -0.1) is 0 Å². The highest BCUT2D eigenvalue weighted by molar-refractivity contribution is 5.54. The first-order chi connectivity index (χ1) is 9.27. The van der Waals surface area contributed by atoms with Crippen molar-refractivity contribution in [1.29, 1.82) is 0 Å². The number of ether oxygens (including phenoxy) is 1. The van der Waals surface area contributed by atoms with Crippen LogP contribution in [0.5, 0.6) is 5.75 Å². The maximum absolute atomic E-state index is 5.95. The molecule has 3 nitrogen and oxygen atoms in total. The lowest BCUT2D eigenvalue weighted by Crippen LogP contribution is -2.18. The largest absolute Gasteiger partial charge is 0.492 e. The van der Waals surface area contributed by atoms with Gasteiger partial charge in [0.25, 0.3) is 0 Å². The van der Waals surface area contributed by atoms with E-state index < -0.39 is 0 Å². The van der Waals surface area contributed by atoms with Crippen LogP contribution >= 0.6 is 0 Å². The van der Waals surface area contributed by atoms with Crippen LogP contribution in [0.1, 0.15) is 45.1 Å². The normalized spacial score (nSPS) is 10.6. The summed E-state index contributed by atoms with van der Waals surface area (Å²) >= 11 is 0. The number of anilines is 1. The molecule has 1 aromatic carbocycles. The topological polar surface area (TPSA) is 47.3 Å². The number of nitrogen functional groups attached to an aromatic ring is 1. The highest BCUT2D eigenvalue weighted by Gasteiger charge is 2.01. The van der Waals surface area contributed by atoms with Crippen molar-refractivity contribution in [1.82, 2.24) is 5.32 Å². The fraction of sp³-hybridized carbons (Fsp3) is 0.625. The number of unbranched alkanes of at least 4 members (excludes halogenated alkanes) is 3. The number of benzene rings is 1. The zero-order valence-corrected chi connectivity index (χ0v) is 12.4. The number of rotatable bonds is 10. The van der Waals surface area contributed by atoms with E-state index in [4.69, 9.17) is 10.5 Å². The molecule has 0 fully saturated rings. The van der Waals surface area contributed by atoms with Crippen LogP contribution in [-0.4, -0.2) is 19.7 Å². The molecule has 0 aromatic heterocycles. The molecule has 0 aliphatic rings. The molecule has 0 aliphatic heterocycles. The standard InChI is InChI=1S/C16H28N2O/c1-3-5-6-7-11-18-12-10-14-8-9-16(19-4-2)15(17)13-14/h8-9,13,18H,3-7,10-12,17H2,1-2H3. The maximum Gasteiger partial charge on any atom is 0.142 e. The van der Waals surface area contributed by atoms with E-state index in [1.807, 2.05) is 19.1 Å². The Kier molecular flexibility index (Phi) is 8.07. The van der Waals surface area contributed by atoms with Crippen LogP contribution in [0.2, 0.25) is 0 Å². The quantitative estimate of drug-likeness (QED) is 0.503. The summed E-state index contributed by atoms with van der Waals surface area (Å²) in [5.41, 5.74) is 7.95. The van der Waals surface area contributed by atoms with Crippen LogP contribution in [0.15, 0.2) is 18.2 Å². The van der Waals surface area contributed by atoms with Gasteiger partial charge in [-0.25, -0.2) is 0 Å². The van der Waals surface area contributed by atoms with Crippen LogP contribution < -0.4 is 15.8 Å². The molecule has 3 heteroatoms. The average Bonchev–Trinajstić information content (AvgIpc) is 2.41. The van der Waals surface area contributed by atoms with E-state index >= 15 is 0 Å². The van der Waals surface area contributed by atoms with Crippen molar-refractivity contribution in [3.8, 4) is 5.75 Å². The van der Waals surface area contributed by atoms with Crippen molar-refractivity contribution < 1.29 is 4.74 Å². The summed E-state index contributed by atoms with van der Waals surface area (Å²) < 4.78 is 5.43. The van der Waals surface area contributed by atoms with Gasteiger partial charge in [0.05, 0.1) is 12.3 Å². The summed E-state index contributed by atoms with van der Waals surface area (Å²) in [6, 6.07) is 6.08. The van der Waals surface area contributed by atoms with Crippen molar-refractivity contribution in [2.75, 3.05) is 25.4 Å². The molecule has 3 N–H and O–H groups in total. The minimum Gasteiger partial charge on any atom is -0.492 e. The van der Waals surface area contributed by atoms with E-state index in [-0.39, 0.29) is 0 Å². The second-order valence-corrected chi connectivity index (χ2v) is 4.87. The third-order valence-corrected chi connectivity index (χ3v) is 3.17. The first-order valence-corrected chi connectivity index (χ1v) is 7.49. The van der Waals surface area contributed by atoms with Gasteiger partial charge in [-0.3, -0.25) is 0 Å². The highest BCUT2D eigenvalue weighted by Crippen LogP contribution is 2.22. The van der Waals surface area contributed by atoms with E-state index in [0.29, 0.717) is 6.61 Å². The van der Waals surface area contributed by atoms with Gasteiger partial charge in [0, 0.05) is 0 Å². The Labute approximate surface area is 117 Å². The summed E-state index contributed by atoms with van der Waals surface area (Å²) in [6.45, 7) is 6.99. The van der Waals surface area contributed by atoms with Crippen molar-refractivity contribution in [2.45, 2.75) is 46.0 Å². The number of hydrogen-bond acceptors (Lipinski definition) is 3. The Morgan fingerprint density at radius 2 is 1.95 bits per heavy atom. The second-order valence-electron chi connectivity index (χ2n) is 4.87. The van der Waals surface area contributed by atoms with Crippen molar-refractivity contribution in [2.24, 2.45) is 0 Å². The third-order valence-electron chi connectivity index (χ3n) is 3.17. The fourth-order valence-electron chi connectivity index (χ4n) is 2.07. The zero-order chi connectivity index (χ0) is 13.9. The predicted molar refractivity (Wildman–Crippen MR) is 82.7 cm³/mol. The van der Waals surface area contributed by atoms with Crippen LogP contribution in [0.3, 0.4) is 0 Å². The molecule has 1 aromatic rings. The summed E-state index contributed by atoms with van der Waals surface area (Å²) in [6.07, 6.45) is 6.27. The van der Waals surface area contributed by atoms with Crippen molar-refractivity contribution in [3.63, 3.8) is 0 Å². The van der Waals surface area contributed by atoms with Gasteiger partial charge in [0.2, 0.25) is 0 Å². The minimum atomic E-state index is 0.656. The molecule has 0 saturated carbocycles. The van der Waals surface area contributed by atoms with Gasteiger partial charge < -0.3 is 15.8 Å². The van der Waals surface area contributed by atoms with Crippen molar-refractivity contribution in [3.05, 3.63) is 23.8 Å². The van der Waals surface area contributed by atoms with E-state index in [0.717, 1.165) is 30.9 Å². The highest BCUT2D eigenvalue weighted by atomic mass is 16.5. The second kappa shape index (κ2) is 9.68. The van der Waals surface area contributed by atoms with E-state index in [2.05, 4.69) is 18.3 Å². The molecule has 0 unspecified atom stereocenters. The Bertz CT molecular complexity index is 353. The predicted octanol–water partition coefficient (Wildman–Crippen LogP) is 3.38. The summed E-state index contributed by atoms with van der Waals surface area (Å²) in [5, 5.41) is 3.48. The van der Waals surface area contributed by atoms with Gasteiger partial charge in [0.15, 0.2) is 0 Å². The molecule has 0 radical (unpaired) electrons. The fourth-order valence-corrected chi connectivity index (χ4v) is 2.07. The van der Waals surface area contributed by atoms with Crippen molar-refractivity contribution >= 4 is 5.69 Å².